The molecule has 96 valence electrons. The quantitative estimate of drug-likeness (QED) is 0.843. The Morgan fingerprint density at radius 1 is 1.28 bits per heavy atom. The Morgan fingerprint density at radius 3 is 2.67 bits per heavy atom. The SMILES string of the molecule is CCNC(Cc1ccccc1Cl)c1ccsc1C. The zero-order valence-corrected chi connectivity index (χ0v) is 12.3. The summed E-state index contributed by atoms with van der Waals surface area (Å²) in [6, 6.07) is 10.6. The number of aryl methyl sites for hydroxylation is 1. The van der Waals surface area contributed by atoms with Crippen molar-refractivity contribution in [2.45, 2.75) is 26.3 Å². The van der Waals surface area contributed by atoms with Gasteiger partial charge in [-0.2, -0.15) is 0 Å². The maximum atomic E-state index is 6.24. The second kappa shape index (κ2) is 6.37. The van der Waals surface area contributed by atoms with Gasteiger partial charge >= 0.3 is 0 Å². The van der Waals surface area contributed by atoms with E-state index in [4.69, 9.17) is 11.6 Å². The molecule has 1 N–H and O–H groups in total. The highest BCUT2D eigenvalue weighted by atomic mass is 35.5. The lowest BCUT2D eigenvalue weighted by molar-refractivity contribution is 0.549. The molecule has 0 fully saturated rings. The van der Waals surface area contributed by atoms with Crippen molar-refractivity contribution in [3.05, 3.63) is 56.7 Å². The summed E-state index contributed by atoms with van der Waals surface area (Å²) >= 11 is 8.04. The van der Waals surface area contributed by atoms with E-state index in [9.17, 15) is 0 Å². The summed E-state index contributed by atoms with van der Waals surface area (Å²) in [7, 11) is 0. The molecule has 0 amide bonds. The van der Waals surface area contributed by atoms with Gasteiger partial charge in [-0.25, -0.2) is 0 Å². The third kappa shape index (κ3) is 3.14. The number of rotatable bonds is 5. The van der Waals surface area contributed by atoms with Gasteiger partial charge in [0.05, 0.1) is 0 Å². The Labute approximate surface area is 118 Å². The van der Waals surface area contributed by atoms with Gasteiger partial charge < -0.3 is 5.32 Å². The molecule has 3 heteroatoms. The standard InChI is InChI=1S/C15H18ClNS/c1-3-17-15(13-8-9-18-11(13)2)10-12-6-4-5-7-14(12)16/h4-9,15,17H,3,10H2,1-2H3. The Bertz CT molecular complexity index is 507. The lowest BCUT2D eigenvalue weighted by Crippen LogP contribution is -2.23. The van der Waals surface area contributed by atoms with Crippen LogP contribution in [-0.2, 0) is 6.42 Å². The van der Waals surface area contributed by atoms with Crippen molar-refractivity contribution in [3.8, 4) is 0 Å². The van der Waals surface area contributed by atoms with Crippen molar-refractivity contribution in [1.29, 1.82) is 0 Å². The molecule has 2 aromatic rings. The molecule has 0 bridgehead atoms. The van der Waals surface area contributed by atoms with Crippen LogP contribution in [0.3, 0.4) is 0 Å². The zero-order chi connectivity index (χ0) is 13.0. The molecule has 0 aliphatic heterocycles. The van der Waals surface area contributed by atoms with E-state index in [0.29, 0.717) is 6.04 Å². The molecule has 0 aliphatic rings. The average molecular weight is 280 g/mol. The molecule has 18 heavy (non-hydrogen) atoms. The summed E-state index contributed by atoms with van der Waals surface area (Å²) in [6.07, 6.45) is 0.936. The molecule has 1 nitrogen and oxygen atoms in total. The molecule has 0 aliphatic carbocycles. The number of hydrogen-bond acceptors (Lipinski definition) is 2. The predicted molar refractivity (Wildman–Crippen MR) is 80.6 cm³/mol. The predicted octanol–water partition coefficient (Wildman–Crippen LogP) is 4.60. The fourth-order valence-corrected chi connectivity index (χ4v) is 3.16. The molecular weight excluding hydrogens is 262 g/mol. The van der Waals surface area contributed by atoms with Crippen LogP contribution in [-0.4, -0.2) is 6.54 Å². The number of benzene rings is 1. The van der Waals surface area contributed by atoms with Crippen molar-refractivity contribution >= 4 is 22.9 Å². The first kappa shape index (κ1) is 13.6. The fourth-order valence-electron chi connectivity index (χ4n) is 2.18. The van der Waals surface area contributed by atoms with Crippen molar-refractivity contribution < 1.29 is 0 Å². The summed E-state index contributed by atoms with van der Waals surface area (Å²) < 4.78 is 0. The molecule has 1 atom stereocenters. The summed E-state index contributed by atoms with van der Waals surface area (Å²) in [5.74, 6) is 0. The maximum Gasteiger partial charge on any atom is 0.0438 e. The van der Waals surface area contributed by atoms with Gasteiger partial charge in [0.1, 0.15) is 0 Å². The van der Waals surface area contributed by atoms with E-state index >= 15 is 0 Å². The first-order valence-corrected chi connectivity index (χ1v) is 7.49. The average Bonchev–Trinajstić information content (AvgIpc) is 2.78. The third-order valence-electron chi connectivity index (χ3n) is 3.11. The highest BCUT2D eigenvalue weighted by Gasteiger charge is 2.15. The molecular formula is C15H18ClNS. The lowest BCUT2D eigenvalue weighted by Gasteiger charge is -2.19. The lowest BCUT2D eigenvalue weighted by atomic mass is 9.99. The molecule has 0 saturated heterocycles. The number of hydrogen-bond donors (Lipinski definition) is 1. The number of halogens is 1. The van der Waals surface area contributed by atoms with Crippen LogP contribution in [0.15, 0.2) is 35.7 Å². The highest BCUT2D eigenvalue weighted by molar-refractivity contribution is 7.10. The fraction of sp³-hybridized carbons (Fsp3) is 0.333. The normalized spacial score (nSPS) is 12.6. The monoisotopic (exact) mass is 279 g/mol. The van der Waals surface area contributed by atoms with Crippen LogP contribution in [0.2, 0.25) is 5.02 Å². The molecule has 1 aromatic heterocycles. The van der Waals surface area contributed by atoms with Crippen molar-refractivity contribution in [2.75, 3.05) is 6.54 Å². The first-order valence-electron chi connectivity index (χ1n) is 6.23. The minimum absolute atomic E-state index is 0.348. The van der Waals surface area contributed by atoms with E-state index in [1.807, 2.05) is 18.2 Å². The van der Waals surface area contributed by atoms with Gasteiger partial charge in [-0.3, -0.25) is 0 Å². The largest absolute Gasteiger partial charge is 0.310 e. The van der Waals surface area contributed by atoms with Gasteiger partial charge in [0, 0.05) is 15.9 Å². The molecule has 1 heterocycles. The van der Waals surface area contributed by atoms with E-state index in [2.05, 4.69) is 36.7 Å². The van der Waals surface area contributed by atoms with Gasteiger partial charge in [-0.05, 0) is 48.5 Å². The van der Waals surface area contributed by atoms with Crippen molar-refractivity contribution in [1.82, 2.24) is 5.32 Å². The van der Waals surface area contributed by atoms with Crippen molar-refractivity contribution in [3.63, 3.8) is 0 Å². The van der Waals surface area contributed by atoms with Gasteiger partial charge in [0.25, 0.3) is 0 Å². The van der Waals surface area contributed by atoms with Crippen LogP contribution in [0.25, 0.3) is 0 Å². The van der Waals surface area contributed by atoms with Crippen molar-refractivity contribution in [2.24, 2.45) is 0 Å². The Balaban J connectivity index is 2.22. The van der Waals surface area contributed by atoms with Crippen LogP contribution in [0.1, 0.15) is 29.0 Å². The molecule has 1 aromatic carbocycles. The van der Waals surface area contributed by atoms with E-state index in [1.54, 1.807) is 11.3 Å². The summed E-state index contributed by atoms with van der Waals surface area (Å²) in [5, 5.41) is 6.56. The summed E-state index contributed by atoms with van der Waals surface area (Å²) in [4.78, 5) is 1.38. The molecule has 2 rings (SSSR count). The molecule has 1 unspecified atom stereocenters. The zero-order valence-electron chi connectivity index (χ0n) is 10.7. The van der Waals surface area contributed by atoms with Crippen LogP contribution in [0.4, 0.5) is 0 Å². The van der Waals surface area contributed by atoms with E-state index < -0.39 is 0 Å². The van der Waals surface area contributed by atoms with E-state index in [0.717, 1.165) is 18.0 Å². The van der Waals surface area contributed by atoms with Gasteiger partial charge in [-0.1, -0.05) is 36.7 Å². The van der Waals surface area contributed by atoms with Crippen LogP contribution < -0.4 is 5.32 Å². The van der Waals surface area contributed by atoms with E-state index in [1.165, 1.54) is 16.0 Å². The van der Waals surface area contributed by atoms with Crippen LogP contribution >= 0.6 is 22.9 Å². The number of nitrogens with one attached hydrogen (secondary N) is 1. The minimum Gasteiger partial charge on any atom is -0.310 e. The molecule has 0 spiro atoms. The molecule has 0 radical (unpaired) electrons. The maximum absolute atomic E-state index is 6.24. The van der Waals surface area contributed by atoms with E-state index in [-0.39, 0.29) is 0 Å². The third-order valence-corrected chi connectivity index (χ3v) is 4.34. The number of likely N-dealkylation sites (N-methyl/N-ethyl adjacent to an activating group) is 1. The highest BCUT2D eigenvalue weighted by Crippen LogP contribution is 2.27. The Kier molecular flexibility index (Phi) is 4.81. The first-order chi connectivity index (χ1) is 8.72. The smallest absolute Gasteiger partial charge is 0.0438 e. The minimum atomic E-state index is 0.348. The van der Waals surface area contributed by atoms with Gasteiger partial charge in [-0.15, -0.1) is 11.3 Å². The van der Waals surface area contributed by atoms with Crippen LogP contribution in [0.5, 0.6) is 0 Å². The second-order valence-electron chi connectivity index (χ2n) is 4.34. The summed E-state index contributed by atoms with van der Waals surface area (Å²) in [6.45, 7) is 5.28. The number of thiophene rings is 1. The molecule has 0 saturated carbocycles. The second-order valence-corrected chi connectivity index (χ2v) is 5.87. The topological polar surface area (TPSA) is 12.0 Å². The summed E-state index contributed by atoms with van der Waals surface area (Å²) in [5.41, 5.74) is 2.59. The van der Waals surface area contributed by atoms with Gasteiger partial charge in [0.2, 0.25) is 0 Å². The van der Waals surface area contributed by atoms with Gasteiger partial charge in [0.15, 0.2) is 0 Å². The Hall–Kier alpha value is -0.830. The Morgan fingerprint density at radius 2 is 2.06 bits per heavy atom. The van der Waals surface area contributed by atoms with Crippen LogP contribution in [0, 0.1) is 6.92 Å².